The fraction of sp³-hybridized carbons (Fsp3) is 0.727. The predicted octanol–water partition coefficient (Wildman–Crippen LogP) is 2.63. The topological polar surface area (TPSA) is 34.1 Å². The zero-order chi connectivity index (χ0) is 13.4. The number of nitrogens with zero attached hydrogens (tertiary/aromatic N) is 1. The number of hydrogen-bond donors (Lipinski definition) is 1. The molecule has 3 nitrogen and oxygen atoms in total. The Labute approximate surface area is 108 Å². The molecular weight excluding hydrogens is 265 g/mol. The molecule has 0 aliphatic carbocycles. The van der Waals surface area contributed by atoms with E-state index in [1.807, 2.05) is 12.3 Å². The normalized spacial score (nSPS) is 13.8. The summed E-state index contributed by atoms with van der Waals surface area (Å²) in [5, 5.41) is 5.92. The van der Waals surface area contributed by atoms with Gasteiger partial charge in [-0.05, 0) is 13.0 Å². The molecule has 0 aromatic carbocycles. The first-order chi connectivity index (χ1) is 8.51. The van der Waals surface area contributed by atoms with Crippen LogP contribution in [0, 0.1) is 0 Å². The lowest BCUT2D eigenvalue weighted by Gasteiger charge is -2.18. The summed E-state index contributed by atoms with van der Waals surface area (Å²) in [5.41, 5.74) is 0. The van der Waals surface area contributed by atoms with Gasteiger partial charge in [-0.2, -0.15) is 13.2 Å². The smallest absolute Gasteiger partial charge is 0.370 e. The minimum atomic E-state index is -4.27. The molecule has 1 rings (SSSR count). The third-order valence-corrected chi connectivity index (χ3v) is 2.97. The van der Waals surface area contributed by atoms with Gasteiger partial charge in [-0.25, -0.2) is 4.98 Å². The van der Waals surface area contributed by atoms with E-state index in [4.69, 9.17) is 4.74 Å². The van der Waals surface area contributed by atoms with Crippen LogP contribution >= 0.6 is 11.3 Å². The van der Waals surface area contributed by atoms with Crippen LogP contribution in [0.4, 0.5) is 13.2 Å². The van der Waals surface area contributed by atoms with E-state index in [-0.39, 0.29) is 12.6 Å². The molecule has 0 aliphatic heterocycles. The first-order valence-electron chi connectivity index (χ1n) is 5.77. The first-order valence-corrected chi connectivity index (χ1v) is 6.65. The van der Waals surface area contributed by atoms with E-state index in [1.54, 1.807) is 6.20 Å². The van der Waals surface area contributed by atoms with Gasteiger partial charge >= 0.3 is 6.18 Å². The average molecular weight is 282 g/mol. The van der Waals surface area contributed by atoms with Crippen LogP contribution in [0.25, 0.3) is 0 Å². The highest BCUT2D eigenvalue weighted by molar-refractivity contribution is 7.09. The van der Waals surface area contributed by atoms with E-state index in [0.717, 1.165) is 18.0 Å². The van der Waals surface area contributed by atoms with Crippen LogP contribution in [0.5, 0.6) is 0 Å². The Hall–Kier alpha value is -0.660. The maximum atomic E-state index is 12.0. The number of hydrogen-bond acceptors (Lipinski definition) is 4. The van der Waals surface area contributed by atoms with Crippen molar-refractivity contribution in [2.45, 2.75) is 32.0 Å². The van der Waals surface area contributed by atoms with Crippen molar-refractivity contribution < 1.29 is 17.9 Å². The molecule has 1 unspecified atom stereocenters. The van der Waals surface area contributed by atoms with E-state index >= 15 is 0 Å². The van der Waals surface area contributed by atoms with Crippen molar-refractivity contribution in [3.05, 3.63) is 16.6 Å². The van der Waals surface area contributed by atoms with Gasteiger partial charge in [0.25, 0.3) is 0 Å². The monoisotopic (exact) mass is 282 g/mol. The SMILES string of the molecule is CCCNC(COCC(F)(F)F)Cc1nccs1. The Morgan fingerprint density at radius 3 is 2.83 bits per heavy atom. The Balaban J connectivity index is 2.35. The summed E-state index contributed by atoms with van der Waals surface area (Å²) < 4.78 is 40.6. The fourth-order valence-electron chi connectivity index (χ4n) is 1.42. The molecule has 104 valence electrons. The van der Waals surface area contributed by atoms with E-state index in [0.29, 0.717) is 6.42 Å². The predicted molar refractivity (Wildman–Crippen MR) is 64.8 cm³/mol. The van der Waals surface area contributed by atoms with Crippen LogP contribution in [0.2, 0.25) is 0 Å². The second-order valence-corrected chi connectivity index (χ2v) is 4.89. The quantitative estimate of drug-likeness (QED) is 0.796. The summed E-state index contributed by atoms with van der Waals surface area (Å²) in [6, 6.07) is -0.126. The molecule has 18 heavy (non-hydrogen) atoms. The van der Waals surface area contributed by atoms with E-state index in [9.17, 15) is 13.2 Å². The maximum Gasteiger partial charge on any atom is 0.411 e. The summed E-state index contributed by atoms with van der Waals surface area (Å²) in [6.07, 6.45) is -1.06. The van der Waals surface area contributed by atoms with Gasteiger partial charge in [-0.3, -0.25) is 0 Å². The van der Waals surface area contributed by atoms with Crippen molar-refractivity contribution in [2.24, 2.45) is 0 Å². The summed E-state index contributed by atoms with van der Waals surface area (Å²) in [7, 11) is 0. The van der Waals surface area contributed by atoms with Gasteiger partial charge in [-0.15, -0.1) is 11.3 Å². The zero-order valence-corrected chi connectivity index (χ0v) is 11.0. The Bertz CT molecular complexity index is 317. The Kier molecular flexibility index (Phi) is 6.59. The van der Waals surface area contributed by atoms with Gasteiger partial charge in [0.05, 0.1) is 11.6 Å². The second-order valence-electron chi connectivity index (χ2n) is 3.91. The molecule has 0 radical (unpaired) electrons. The van der Waals surface area contributed by atoms with Crippen molar-refractivity contribution in [3.8, 4) is 0 Å². The van der Waals surface area contributed by atoms with Gasteiger partial charge in [0, 0.05) is 24.0 Å². The fourth-order valence-corrected chi connectivity index (χ4v) is 2.12. The molecule has 0 aliphatic rings. The number of halogens is 3. The lowest BCUT2D eigenvalue weighted by Crippen LogP contribution is -2.37. The third kappa shape index (κ3) is 6.93. The van der Waals surface area contributed by atoms with Crippen molar-refractivity contribution in [1.29, 1.82) is 0 Å². The van der Waals surface area contributed by atoms with E-state index in [1.165, 1.54) is 11.3 Å². The number of rotatable bonds is 8. The molecule has 0 saturated carbocycles. The van der Waals surface area contributed by atoms with Crippen LogP contribution in [0.1, 0.15) is 18.4 Å². The second kappa shape index (κ2) is 7.70. The van der Waals surface area contributed by atoms with Crippen LogP contribution in [-0.2, 0) is 11.2 Å². The first kappa shape index (κ1) is 15.4. The minimum absolute atomic E-state index is 0.0408. The molecule has 0 amide bonds. The van der Waals surface area contributed by atoms with Crippen molar-refractivity contribution >= 4 is 11.3 Å². The van der Waals surface area contributed by atoms with Crippen LogP contribution in [-0.4, -0.2) is 37.0 Å². The molecule has 1 atom stereocenters. The summed E-state index contributed by atoms with van der Waals surface area (Å²) in [4.78, 5) is 4.12. The maximum absolute atomic E-state index is 12.0. The van der Waals surface area contributed by atoms with Crippen molar-refractivity contribution in [3.63, 3.8) is 0 Å². The lowest BCUT2D eigenvalue weighted by molar-refractivity contribution is -0.175. The standard InChI is InChI=1S/C11H17F3N2OS/c1-2-3-15-9(6-10-16-4-5-18-10)7-17-8-11(12,13)14/h4-5,9,15H,2-3,6-8H2,1H3. The molecule has 0 bridgehead atoms. The molecule has 1 N–H and O–H groups in total. The minimum Gasteiger partial charge on any atom is -0.370 e. The number of aromatic nitrogens is 1. The largest absolute Gasteiger partial charge is 0.411 e. The molecule has 1 heterocycles. The number of alkyl halides is 3. The van der Waals surface area contributed by atoms with Gasteiger partial charge in [-0.1, -0.05) is 6.92 Å². The number of thiazole rings is 1. The lowest BCUT2D eigenvalue weighted by atomic mass is 10.2. The van der Waals surface area contributed by atoms with Crippen LogP contribution in [0.15, 0.2) is 11.6 Å². The van der Waals surface area contributed by atoms with Gasteiger partial charge in [0.15, 0.2) is 0 Å². The molecule has 0 spiro atoms. The number of nitrogens with one attached hydrogen (secondary N) is 1. The molecule has 1 aromatic rings. The molecular formula is C11H17F3N2OS. The van der Waals surface area contributed by atoms with Crippen LogP contribution < -0.4 is 5.32 Å². The summed E-state index contributed by atoms with van der Waals surface area (Å²) >= 11 is 1.49. The van der Waals surface area contributed by atoms with E-state index < -0.39 is 12.8 Å². The van der Waals surface area contributed by atoms with Crippen LogP contribution in [0.3, 0.4) is 0 Å². The average Bonchev–Trinajstić information content (AvgIpc) is 2.76. The highest BCUT2D eigenvalue weighted by atomic mass is 32.1. The molecule has 7 heteroatoms. The Morgan fingerprint density at radius 1 is 1.50 bits per heavy atom. The number of ether oxygens (including phenoxy) is 1. The van der Waals surface area contributed by atoms with Gasteiger partial charge < -0.3 is 10.1 Å². The molecule has 0 fully saturated rings. The van der Waals surface area contributed by atoms with E-state index in [2.05, 4.69) is 10.3 Å². The van der Waals surface area contributed by atoms with Crippen molar-refractivity contribution in [1.82, 2.24) is 10.3 Å². The highest BCUT2D eigenvalue weighted by Crippen LogP contribution is 2.15. The Morgan fingerprint density at radius 2 is 2.28 bits per heavy atom. The molecule has 1 aromatic heterocycles. The third-order valence-electron chi connectivity index (χ3n) is 2.17. The van der Waals surface area contributed by atoms with Gasteiger partial charge in [0.2, 0.25) is 0 Å². The summed E-state index contributed by atoms with van der Waals surface area (Å²) in [5.74, 6) is 0. The summed E-state index contributed by atoms with van der Waals surface area (Å²) in [6.45, 7) is 1.60. The molecule has 0 saturated heterocycles. The zero-order valence-electron chi connectivity index (χ0n) is 10.2. The highest BCUT2D eigenvalue weighted by Gasteiger charge is 2.28. The van der Waals surface area contributed by atoms with Crippen molar-refractivity contribution in [2.75, 3.05) is 19.8 Å². The van der Waals surface area contributed by atoms with Gasteiger partial charge in [0.1, 0.15) is 6.61 Å².